The van der Waals surface area contributed by atoms with Gasteiger partial charge < -0.3 is 15.7 Å². The number of amides is 1. The number of hydrogen-bond acceptors (Lipinski definition) is 4. The molecule has 0 bridgehead atoms. The molecule has 1 aromatic rings. The van der Waals surface area contributed by atoms with Crippen molar-refractivity contribution in [1.82, 2.24) is 10.6 Å². The second-order valence-electron chi connectivity index (χ2n) is 4.29. The highest BCUT2D eigenvalue weighted by Gasteiger charge is 2.27. The number of aliphatic hydroxyl groups is 1. The van der Waals surface area contributed by atoms with Crippen molar-refractivity contribution in [2.45, 2.75) is 38.5 Å². The highest BCUT2D eigenvalue weighted by atomic mass is 32.1. The summed E-state index contributed by atoms with van der Waals surface area (Å²) in [5.41, 5.74) is 0. The Morgan fingerprint density at radius 3 is 2.94 bits per heavy atom. The van der Waals surface area contributed by atoms with Crippen molar-refractivity contribution >= 4 is 17.2 Å². The third kappa shape index (κ3) is 3.28. The molecule has 17 heavy (non-hydrogen) atoms. The molecule has 1 amide bonds. The largest absolute Gasteiger partial charge is 0.392 e. The summed E-state index contributed by atoms with van der Waals surface area (Å²) in [4.78, 5) is 14.3. The molecule has 0 aromatic carbocycles. The molecule has 1 aliphatic heterocycles. The highest BCUT2D eigenvalue weighted by Crippen LogP contribution is 2.16. The van der Waals surface area contributed by atoms with E-state index in [-0.39, 0.29) is 18.1 Å². The highest BCUT2D eigenvalue weighted by molar-refractivity contribution is 7.11. The number of carbonyl (C=O) groups is 1. The molecule has 0 spiro atoms. The van der Waals surface area contributed by atoms with Gasteiger partial charge in [0.2, 0.25) is 5.91 Å². The maximum absolute atomic E-state index is 11.8. The summed E-state index contributed by atoms with van der Waals surface area (Å²) in [7, 11) is 0. The van der Waals surface area contributed by atoms with E-state index in [9.17, 15) is 9.90 Å². The molecule has 1 fully saturated rings. The van der Waals surface area contributed by atoms with Crippen molar-refractivity contribution in [3.8, 4) is 0 Å². The fourth-order valence-corrected chi connectivity index (χ4v) is 2.82. The van der Waals surface area contributed by atoms with Crippen molar-refractivity contribution in [1.29, 1.82) is 0 Å². The van der Waals surface area contributed by atoms with Crippen LogP contribution in [-0.2, 0) is 17.8 Å². The first-order valence-corrected chi connectivity index (χ1v) is 6.77. The molecular weight excluding hydrogens is 236 g/mol. The Hall–Kier alpha value is -0.910. The number of aryl methyl sites for hydroxylation is 1. The van der Waals surface area contributed by atoms with Gasteiger partial charge in [-0.3, -0.25) is 4.79 Å². The molecule has 1 aliphatic rings. The molecule has 2 rings (SSSR count). The number of thiophene rings is 1. The lowest BCUT2D eigenvalue weighted by Gasteiger charge is -2.09. The van der Waals surface area contributed by atoms with Gasteiger partial charge in [-0.15, -0.1) is 11.3 Å². The average Bonchev–Trinajstić information content (AvgIpc) is 2.94. The van der Waals surface area contributed by atoms with Crippen LogP contribution in [0.15, 0.2) is 12.1 Å². The van der Waals surface area contributed by atoms with Gasteiger partial charge in [0, 0.05) is 16.3 Å². The summed E-state index contributed by atoms with van der Waals surface area (Å²) in [6.45, 7) is 3.22. The Kier molecular flexibility index (Phi) is 4.15. The van der Waals surface area contributed by atoms with Gasteiger partial charge in [-0.1, -0.05) is 6.92 Å². The Morgan fingerprint density at radius 2 is 2.35 bits per heavy atom. The Bertz CT molecular complexity index is 392. The number of β-amino-alcohol motifs (C(OH)–C–C–N with tert-alkyl or cyclic N) is 1. The predicted octanol–water partition coefficient (Wildman–Crippen LogP) is 0.649. The third-order valence-corrected chi connectivity index (χ3v) is 4.16. The minimum absolute atomic E-state index is 0.0204. The molecule has 0 unspecified atom stereocenters. The van der Waals surface area contributed by atoms with Crippen LogP contribution >= 0.6 is 11.3 Å². The lowest BCUT2D eigenvalue weighted by atomic mass is 10.2. The van der Waals surface area contributed by atoms with Gasteiger partial charge >= 0.3 is 0 Å². The van der Waals surface area contributed by atoms with Crippen LogP contribution in [0.1, 0.15) is 23.1 Å². The lowest BCUT2D eigenvalue weighted by molar-refractivity contribution is -0.123. The van der Waals surface area contributed by atoms with E-state index in [1.54, 1.807) is 11.3 Å². The van der Waals surface area contributed by atoms with Gasteiger partial charge in [0.05, 0.1) is 18.7 Å². The van der Waals surface area contributed by atoms with Crippen LogP contribution in [0.25, 0.3) is 0 Å². The van der Waals surface area contributed by atoms with Crippen molar-refractivity contribution in [2.75, 3.05) is 6.54 Å². The van der Waals surface area contributed by atoms with Gasteiger partial charge in [0.15, 0.2) is 0 Å². The molecule has 94 valence electrons. The fraction of sp³-hybridized carbons (Fsp3) is 0.583. The quantitative estimate of drug-likeness (QED) is 0.739. The summed E-state index contributed by atoms with van der Waals surface area (Å²) in [5, 5.41) is 15.2. The Labute approximate surface area is 105 Å². The van der Waals surface area contributed by atoms with Crippen molar-refractivity contribution in [2.24, 2.45) is 0 Å². The van der Waals surface area contributed by atoms with Gasteiger partial charge in [0.1, 0.15) is 0 Å². The number of hydrogen-bond donors (Lipinski definition) is 3. The zero-order valence-corrected chi connectivity index (χ0v) is 10.7. The topological polar surface area (TPSA) is 61.4 Å². The van der Waals surface area contributed by atoms with Crippen LogP contribution in [0, 0.1) is 0 Å². The zero-order chi connectivity index (χ0) is 12.3. The number of nitrogens with one attached hydrogen (secondary N) is 2. The molecule has 2 atom stereocenters. The zero-order valence-electron chi connectivity index (χ0n) is 9.90. The maximum atomic E-state index is 11.8. The molecule has 4 nitrogen and oxygen atoms in total. The molecule has 0 saturated carbocycles. The summed E-state index contributed by atoms with van der Waals surface area (Å²) in [6.07, 6.45) is 1.16. The molecule has 0 aliphatic carbocycles. The van der Waals surface area contributed by atoms with E-state index in [4.69, 9.17) is 0 Å². The van der Waals surface area contributed by atoms with Crippen LogP contribution in [-0.4, -0.2) is 29.7 Å². The molecule has 1 saturated heterocycles. The van der Waals surface area contributed by atoms with Gasteiger partial charge in [-0.25, -0.2) is 0 Å². The smallest absolute Gasteiger partial charge is 0.237 e. The van der Waals surface area contributed by atoms with E-state index >= 15 is 0 Å². The van der Waals surface area contributed by atoms with E-state index in [2.05, 4.69) is 29.7 Å². The van der Waals surface area contributed by atoms with Crippen molar-refractivity contribution in [3.63, 3.8) is 0 Å². The number of carbonyl (C=O) groups excluding carboxylic acids is 1. The van der Waals surface area contributed by atoms with E-state index in [0.717, 1.165) is 6.42 Å². The van der Waals surface area contributed by atoms with E-state index in [1.807, 2.05) is 0 Å². The van der Waals surface area contributed by atoms with E-state index in [0.29, 0.717) is 19.5 Å². The molecular formula is C12H18N2O2S. The summed E-state index contributed by atoms with van der Waals surface area (Å²) >= 11 is 1.73. The standard InChI is InChI=1S/C12H18N2O2S/c1-2-9-3-4-10(17-9)7-14-12(16)11-5-8(15)6-13-11/h3-4,8,11,13,15H,2,5-7H2,1H3,(H,14,16)/t8-,11-/m1/s1. The second-order valence-corrected chi connectivity index (χ2v) is 5.54. The minimum atomic E-state index is -0.390. The monoisotopic (exact) mass is 254 g/mol. The first-order chi connectivity index (χ1) is 8.19. The Morgan fingerprint density at radius 1 is 1.59 bits per heavy atom. The van der Waals surface area contributed by atoms with Crippen LogP contribution in [0.5, 0.6) is 0 Å². The second kappa shape index (κ2) is 5.62. The van der Waals surface area contributed by atoms with Gasteiger partial charge in [-0.05, 0) is 25.0 Å². The van der Waals surface area contributed by atoms with Crippen LogP contribution in [0.2, 0.25) is 0 Å². The Balaban J connectivity index is 1.79. The average molecular weight is 254 g/mol. The normalized spacial score (nSPS) is 23.9. The third-order valence-electron chi connectivity index (χ3n) is 2.93. The van der Waals surface area contributed by atoms with E-state index in [1.165, 1.54) is 9.75 Å². The van der Waals surface area contributed by atoms with Crippen LogP contribution in [0.4, 0.5) is 0 Å². The van der Waals surface area contributed by atoms with Crippen LogP contribution < -0.4 is 10.6 Å². The summed E-state index contributed by atoms with van der Waals surface area (Å²) in [6, 6.07) is 3.92. The van der Waals surface area contributed by atoms with Crippen molar-refractivity contribution in [3.05, 3.63) is 21.9 Å². The SMILES string of the molecule is CCc1ccc(CNC(=O)[C@H]2C[C@@H](O)CN2)s1. The molecule has 3 N–H and O–H groups in total. The molecule has 2 heterocycles. The summed E-state index contributed by atoms with van der Waals surface area (Å²) < 4.78 is 0. The molecule has 1 aromatic heterocycles. The lowest BCUT2D eigenvalue weighted by Crippen LogP contribution is -2.39. The maximum Gasteiger partial charge on any atom is 0.237 e. The van der Waals surface area contributed by atoms with Crippen molar-refractivity contribution < 1.29 is 9.90 Å². The number of rotatable bonds is 4. The first-order valence-electron chi connectivity index (χ1n) is 5.95. The molecule has 0 radical (unpaired) electrons. The summed E-state index contributed by atoms with van der Waals surface area (Å²) in [5.74, 6) is -0.0204. The van der Waals surface area contributed by atoms with Gasteiger partial charge in [-0.2, -0.15) is 0 Å². The fourth-order valence-electron chi connectivity index (χ4n) is 1.92. The molecule has 5 heteroatoms. The number of aliphatic hydroxyl groups excluding tert-OH is 1. The predicted molar refractivity (Wildman–Crippen MR) is 68.0 cm³/mol. The minimum Gasteiger partial charge on any atom is -0.392 e. The van der Waals surface area contributed by atoms with Gasteiger partial charge in [0.25, 0.3) is 0 Å². The first kappa shape index (κ1) is 12.5. The van der Waals surface area contributed by atoms with Crippen LogP contribution in [0.3, 0.4) is 0 Å². The van der Waals surface area contributed by atoms with E-state index < -0.39 is 0 Å².